The van der Waals surface area contributed by atoms with Gasteiger partial charge in [-0.1, -0.05) is 29.8 Å². The number of rotatable bonds is 5. The normalized spacial score (nSPS) is 11.4. The average molecular weight is 328 g/mol. The van der Waals surface area contributed by atoms with Gasteiger partial charge < -0.3 is 10.6 Å². The van der Waals surface area contributed by atoms with E-state index in [4.69, 9.17) is 16.9 Å². The summed E-state index contributed by atoms with van der Waals surface area (Å²) in [5, 5.41) is 15.3. The Morgan fingerprint density at radius 2 is 1.96 bits per heavy atom. The van der Waals surface area contributed by atoms with E-state index < -0.39 is 6.04 Å². The Balaban J connectivity index is 2.00. The molecule has 1 unspecified atom stereocenters. The molecule has 0 fully saturated rings. The van der Waals surface area contributed by atoms with E-state index in [0.717, 1.165) is 16.8 Å². The predicted octanol–water partition coefficient (Wildman–Crippen LogP) is 4.15. The first-order valence-corrected chi connectivity index (χ1v) is 7.67. The number of nitriles is 1. The highest BCUT2D eigenvalue weighted by molar-refractivity contribution is 6.31. The van der Waals surface area contributed by atoms with Gasteiger partial charge in [0.2, 0.25) is 5.91 Å². The molecule has 0 saturated carbocycles. The second kappa shape index (κ2) is 7.66. The van der Waals surface area contributed by atoms with Crippen molar-refractivity contribution in [3.05, 3.63) is 58.6 Å². The first-order chi connectivity index (χ1) is 11.0. The molecule has 0 aliphatic heterocycles. The molecule has 2 aromatic rings. The van der Waals surface area contributed by atoms with Gasteiger partial charge in [0.05, 0.1) is 12.5 Å². The fraction of sp³-hybridized carbons (Fsp3) is 0.222. The van der Waals surface area contributed by atoms with E-state index in [0.29, 0.717) is 17.1 Å². The highest BCUT2D eigenvalue weighted by Crippen LogP contribution is 2.23. The lowest BCUT2D eigenvalue weighted by Crippen LogP contribution is -2.32. The van der Waals surface area contributed by atoms with E-state index in [-0.39, 0.29) is 5.91 Å². The Labute approximate surface area is 141 Å². The van der Waals surface area contributed by atoms with Crippen molar-refractivity contribution in [2.75, 3.05) is 10.6 Å². The smallest absolute Gasteiger partial charge is 0.246 e. The molecule has 2 rings (SSSR count). The van der Waals surface area contributed by atoms with Gasteiger partial charge in [-0.25, -0.2) is 0 Å². The van der Waals surface area contributed by atoms with Crippen LogP contribution in [0.15, 0.2) is 42.5 Å². The van der Waals surface area contributed by atoms with Crippen LogP contribution < -0.4 is 10.6 Å². The van der Waals surface area contributed by atoms with Crippen LogP contribution in [0.4, 0.5) is 11.4 Å². The van der Waals surface area contributed by atoms with E-state index in [1.807, 2.05) is 37.3 Å². The van der Waals surface area contributed by atoms with Gasteiger partial charge in [-0.3, -0.25) is 4.79 Å². The zero-order valence-electron chi connectivity index (χ0n) is 13.1. The summed E-state index contributed by atoms with van der Waals surface area (Å²) in [5.41, 5.74) is 3.33. The minimum Gasteiger partial charge on any atom is -0.374 e. The lowest BCUT2D eigenvalue weighted by molar-refractivity contribution is -0.116. The molecule has 5 heteroatoms. The van der Waals surface area contributed by atoms with E-state index >= 15 is 0 Å². The van der Waals surface area contributed by atoms with Crippen LogP contribution in [0.5, 0.6) is 0 Å². The molecule has 23 heavy (non-hydrogen) atoms. The zero-order chi connectivity index (χ0) is 16.8. The number of nitrogens with one attached hydrogen (secondary N) is 2. The molecule has 0 saturated heterocycles. The minimum atomic E-state index is -0.407. The highest BCUT2D eigenvalue weighted by Gasteiger charge is 2.14. The molecule has 118 valence electrons. The third-order valence-electron chi connectivity index (χ3n) is 3.54. The summed E-state index contributed by atoms with van der Waals surface area (Å²) in [6.45, 7) is 3.66. The molecule has 1 amide bonds. The standard InChI is InChI=1S/C18H18ClN3O/c1-12-16(19)4-3-5-17(12)22-18(23)13(2)21-15-8-6-14(7-9-15)10-11-20/h3-9,13,21H,10H2,1-2H3,(H,22,23). The topological polar surface area (TPSA) is 64.9 Å². The maximum absolute atomic E-state index is 12.3. The number of carbonyl (C=O) groups excluding carboxylic acids is 1. The van der Waals surface area contributed by atoms with Gasteiger partial charge in [0.15, 0.2) is 0 Å². The first-order valence-electron chi connectivity index (χ1n) is 7.29. The SMILES string of the molecule is Cc1c(Cl)cccc1NC(=O)C(C)Nc1ccc(CC#N)cc1. The zero-order valence-corrected chi connectivity index (χ0v) is 13.8. The lowest BCUT2D eigenvalue weighted by atomic mass is 10.1. The molecule has 0 spiro atoms. The van der Waals surface area contributed by atoms with Crippen LogP contribution in [0.1, 0.15) is 18.1 Å². The van der Waals surface area contributed by atoms with Crippen molar-refractivity contribution in [2.45, 2.75) is 26.3 Å². The van der Waals surface area contributed by atoms with Crippen LogP contribution in [0.3, 0.4) is 0 Å². The summed E-state index contributed by atoms with van der Waals surface area (Å²) in [7, 11) is 0. The third-order valence-corrected chi connectivity index (χ3v) is 3.95. The quantitative estimate of drug-likeness (QED) is 0.866. The van der Waals surface area contributed by atoms with E-state index in [1.165, 1.54) is 0 Å². The van der Waals surface area contributed by atoms with Crippen molar-refractivity contribution in [1.29, 1.82) is 5.26 Å². The number of anilines is 2. The minimum absolute atomic E-state index is 0.142. The second-order valence-corrected chi connectivity index (χ2v) is 5.71. The van der Waals surface area contributed by atoms with Crippen LogP contribution in [-0.4, -0.2) is 11.9 Å². The molecule has 1 atom stereocenters. The first kappa shape index (κ1) is 16.9. The Kier molecular flexibility index (Phi) is 5.61. The molecule has 0 aromatic heterocycles. The molecule has 4 nitrogen and oxygen atoms in total. The summed E-state index contributed by atoms with van der Waals surface area (Å²) in [6.07, 6.45) is 0.379. The van der Waals surface area contributed by atoms with E-state index in [2.05, 4.69) is 16.7 Å². The van der Waals surface area contributed by atoms with Crippen molar-refractivity contribution in [1.82, 2.24) is 0 Å². The predicted molar refractivity (Wildman–Crippen MR) is 93.7 cm³/mol. The number of nitrogens with zero attached hydrogens (tertiary/aromatic N) is 1. The molecule has 2 aromatic carbocycles. The molecule has 2 N–H and O–H groups in total. The summed E-state index contributed by atoms with van der Waals surface area (Å²) in [5.74, 6) is -0.142. The maximum atomic E-state index is 12.3. The number of carbonyl (C=O) groups is 1. The molecular weight excluding hydrogens is 310 g/mol. The molecule has 0 aliphatic carbocycles. The Morgan fingerprint density at radius 1 is 1.26 bits per heavy atom. The molecular formula is C18H18ClN3O. The van der Waals surface area contributed by atoms with E-state index in [9.17, 15) is 4.79 Å². The van der Waals surface area contributed by atoms with Gasteiger partial charge >= 0.3 is 0 Å². The second-order valence-electron chi connectivity index (χ2n) is 5.30. The number of hydrogen-bond donors (Lipinski definition) is 2. The molecule has 0 bridgehead atoms. The van der Waals surface area contributed by atoms with Gasteiger partial charge in [0.25, 0.3) is 0 Å². The molecule has 0 radical (unpaired) electrons. The van der Waals surface area contributed by atoms with Gasteiger partial charge in [0.1, 0.15) is 6.04 Å². The van der Waals surface area contributed by atoms with Crippen LogP contribution in [0, 0.1) is 18.3 Å². The summed E-state index contributed by atoms with van der Waals surface area (Å²) < 4.78 is 0. The van der Waals surface area contributed by atoms with Crippen LogP contribution in [0.25, 0.3) is 0 Å². The van der Waals surface area contributed by atoms with Gasteiger partial charge in [-0.2, -0.15) is 5.26 Å². The highest BCUT2D eigenvalue weighted by atomic mass is 35.5. The fourth-order valence-electron chi connectivity index (χ4n) is 2.11. The summed E-state index contributed by atoms with van der Waals surface area (Å²) in [6, 6.07) is 14.6. The molecule has 0 heterocycles. The monoisotopic (exact) mass is 327 g/mol. The average Bonchev–Trinajstić information content (AvgIpc) is 2.54. The van der Waals surface area contributed by atoms with Crippen molar-refractivity contribution in [3.63, 3.8) is 0 Å². The summed E-state index contributed by atoms with van der Waals surface area (Å²) >= 11 is 6.06. The number of hydrogen-bond acceptors (Lipinski definition) is 3. The van der Waals surface area contributed by atoms with E-state index in [1.54, 1.807) is 19.1 Å². The van der Waals surface area contributed by atoms with Gasteiger partial charge in [-0.05, 0) is 49.2 Å². The third kappa shape index (κ3) is 4.48. The Bertz CT molecular complexity index is 735. The number of benzene rings is 2. The largest absolute Gasteiger partial charge is 0.374 e. The van der Waals surface area contributed by atoms with Crippen molar-refractivity contribution < 1.29 is 4.79 Å². The van der Waals surface area contributed by atoms with Crippen molar-refractivity contribution >= 4 is 28.9 Å². The fourth-order valence-corrected chi connectivity index (χ4v) is 2.28. The van der Waals surface area contributed by atoms with Crippen molar-refractivity contribution in [3.8, 4) is 6.07 Å². The Hall–Kier alpha value is -2.51. The summed E-state index contributed by atoms with van der Waals surface area (Å²) in [4.78, 5) is 12.3. The number of amides is 1. The van der Waals surface area contributed by atoms with Crippen LogP contribution in [-0.2, 0) is 11.2 Å². The molecule has 0 aliphatic rings. The van der Waals surface area contributed by atoms with Crippen LogP contribution >= 0.6 is 11.6 Å². The van der Waals surface area contributed by atoms with Crippen molar-refractivity contribution in [2.24, 2.45) is 0 Å². The van der Waals surface area contributed by atoms with Gasteiger partial charge in [-0.15, -0.1) is 0 Å². The van der Waals surface area contributed by atoms with Crippen LogP contribution in [0.2, 0.25) is 5.02 Å². The van der Waals surface area contributed by atoms with Gasteiger partial charge in [0, 0.05) is 16.4 Å². The lowest BCUT2D eigenvalue weighted by Gasteiger charge is -2.17. The number of halogens is 1. The Morgan fingerprint density at radius 3 is 2.61 bits per heavy atom. The maximum Gasteiger partial charge on any atom is 0.246 e.